The average Bonchev–Trinajstić information content (AvgIpc) is 3.36. The van der Waals surface area contributed by atoms with E-state index in [-0.39, 0.29) is 33.2 Å². The van der Waals surface area contributed by atoms with Crippen LogP contribution in [0.2, 0.25) is 5.02 Å². The van der Waals surface area contributed by atoms with Gasteiger partial charge in [-0.3, -0.25) is 14.5 Å². The molecule has 188 valence electrons. The van der Waals surface area contributed by atoms with E-state index in [9.17, 15) is 19.1 Å². The molecule has 0 aliphatic carbocycles. The van der Waals surface area contributed by atoms with E-state index >= 15 is 0 Å². The quantitative estimate of drug-likeness (QED) is 0.234. The number of furan rings is 1. The van der Waals surface area contributed by atoms with E-state index in [1.54, 1.807) is 37.3 Å². The molecule has 1 aliphatic rings. The minimum atomic E-state index is -1.08. The van der Waals surface area contributed by atoms with Crippen LogP contribution in [0.4, 0.5) is 10.1 Å². The number of carbonyl (C=O) groups excluding carboxylic acids is 2. The Balaban J connectivity index is 1.94. The molecule has 0 spiro atoms. The molecule has 3 aromatic rings. The van der Waals surface area contributed by atoms with Crippen molar-refractivity contribution in [3.05, 3.63) is 87.6 Å². The number of carbonyl (C=O) groups is 2. The smallest absolute Gasteiger partial charge is 0.300 e. The zero-order valence-corrected chi connectivity index (χ0v) is 21.4. The van der Waals surface area contributed by atoms with Gasteiger partial charge < -0.3 is 14.3 Å². The van der Waals surface area contributed by atoms with Crippen LogP contribution >= 0.6 is 11.6 Å². The Kier molecular flexibility index (Phi) is 6.71. The highest BCUT2D eigenvalue weighted by Crippen LogP contribution is 2.44. The third kappa shape index (κ3) is 4.51. The fourth-order valence-corrected chi connectivity index (χ4v) is 4.48. The van der Waals surface area contributed by atoms with Crippen molar-refractivity contribution in [2.24, 2.45) is 0 Å². The van der Waals surface area contributed by atoms with Crippen molar-refractivity contribution in [3.8, 4) is 5.75 Å². The highest BCUT2D eigenvalue weighted by molar-refractivity contribution is 6.51. The Morgan fingerprint density at radius 1 is 1.14 bits per heavy atom. The van der Waals surface area contributed by atoms with Crippen LogP contribution in [0.5, 0.6) is 5.75 Å². The van der Waals surface area contributed by atoms with Gasteiger partial charge in [-0.05, 0) is 67.8 Å². The second-order valence-electron chi connectivity index (χ2n) is 9.61. The van der Waals surface area contributed by atoms with E-state index in [4.69, 9.17) is 20.8 Å². The number of hydrogen-bond donors (Lipinski definition) is 1. The van der Waals surface area contributed by atoms with E-state index in [0.717, 1.165) is 16.5 Å². The maximum atomic E-state index is 13.9. The maximum absolute atomic E-state index is 13.9. The lowest BCUT2D eigenvalue weighted by Crippen LogP contribution is -2.29. The molecule has 4 rings (SSSR count). The molecule has 1 aromatic heterocycles. The number of ether oxygens (including phenoxy) is 1. The Bertz CT molecular complexity index is 1380. The number of aliphatic hydroxyl groups excluding tert-OH is 1. The Labute approximate surface area is 213 Å². The molecule has 0 saturated carbocycles. The van der Waals surface area contributed by atoms with Gasteiger partial charge >= 0.3 is 0 Å². The van der Waals surface area contributed by atoms with Crippen LogP contribution in [0.25, 0.3) is 5.76 Å². The number of halogens is 2. The number of Topliss-reactive ketones (excluding diaryl/α,β-unsaturated/α-hetero) is 1. The molecule has 1 amide bonds. The lowest BCUT2D eigenvalue weighted by atomic mass is 9.84. The fourth-order valence-electron chi connectivity index (χ4n) is 4.30. The van der Waals surface area contributed by atoms with Crippen LogP contribution in [0, 0.1) is 12.7 Å². The summed E-state index contributed by atoms with van der Waals surface area (Å²) in [5.74, 6) is -1.29. The van der Waals surface area contributed by atoms with Crippen molar-refractivity contribution < 1.29 is 28.2 Å². The molecule has 36 heavy (non-hydrogen) atoms. The molecule has 0 radical (unpaired) electrons. The first kappa shape index (κ1) is 25.5. The molecule has 6 nitrogen and oxygen atoms in total. The number of amides is 1. The second-order valence-corrected chi connectivity index (χ2v) is 10.0. The van der Waals surface area contributed by atoms with Gasteiger partial charge in [-0.15, -0.1) is 0 Å². The minimum Gasteiger partial charge on any atom is -0.507 e. The summed E-state index contributed by atoms with van der Waals surface area (Å²) in [6.45, 7) is 10.1. The lowest BCUT2D eigenvalue weighted by molar-refractivity contribution is -0.132. The minimum absolute atomic E-state index is 0.140. The zero-order chi connectivity index (χ0) is 26.4. The van der Waals surface area contributed by atoms with E-state index in [2.05, 4.69) is 0 Å². The largest absolute Gasteiger partial charge is 0.507 e. The third-order valence-corrected chi connectivity index (χ3v) is 6.31. The van der Waals surface area contributed by atoms with E-state index < -0.39 is 23.5 Å². The number of aryl methyl sites for hydroxylation is 1. The van der Waals surface area contributed by atoms with Gasteiger partial charge in [0.2, 0.25) is 0 Å². The summed E-state index contributed by atoms with van der Waals surface area (Å²) in [5.41, 5.74) is 0.919. The molecule has 1 N–H and O–H groups in total. The molecule has 1 unspecified atom stereocenters. The molecule has 1 aliphatic heterocycles. The van der Waals surface area contributed by atoms with Gasteiger partial charge in [0.1, 0.15) is 34.9 Å². The monoisotopic (exact) mass is 511 g/mol. The molecule has 1 saturated heterocycles. The summed E-state index contributed by atoms with van der Waals surface area (Å²) in [5, 5.41) is 11.2. The number of aliphatic hydroxyl groups is 1. The van der Waals surface area contributed by atoms with Crippen molar-refractivity contribution >= 4 is 34.7 Å². The van der Waals surface area contributed by atoms with Crippen molar-refractivity contribution in [2.75, 3.05) is 11.5 Å². The van der Waals surface area contributed by atoms with Crippen LogP contribution in [-0.4, -0.2) is 23.4 Å². The summed E-state index contributed by atoms with van der Waals surface area (Å²) in [4.78, 5) is 27.7. The SMILES string of the molecule is CCOc1ccc(/C(O)=C2/C(=O)C(=O)N(c3ccc(F)c(Cl)c3)C2c2ccc(C)o2)cc1C(C)(C)C. The number of ketones is 1. The number of anilines is 1. The van der Waals surface area contributed by atoms with Gasteiger partial charge in [0.05, 0.1) is 17.2 Å². The summed E-state index contributed by atoms with van der Waals surface area (Å²) >= 11 is 5.98. The Hall–Kier alpha value is -3.58. The fraction of sp³-hybridized carbons (Fsp3) is 0.286. The number of nitrogens with zero attached hydrogens (tertiary/aromatic N) is 1. The van der Waals surface area contributed by atoms with Crippen LogP contribution in [0.15, 0.2) is 58.5 Å². The number of hydrogen-bond acceptors (Lipinski definition) is 5. The number of benzene rings is 2. The predicted octanol–water partition coefficient (Wildman–Crippen LogP) is 6.70. The first-order valence-electron chi connectivity index (χ1n) is 11.5. The van der Waals surface area contributed by atoms with Crippen LogP contribution < -0.4 is 9.64 Å². The predicted molar refractivity (Wildman–Crippen MR) is 136 cm³/mol. The lowest BCUT2D eigenvalue weighted by Gasteiger charge is -2.25. The second kappa shape index (κ2) is 9.47. The van der Waals surface area contributed by atoms with Gasteiger partial charge in [0, 0.05) is 16.8 Å². The van der Waals surface area contributed by atoms with Gasteiger partial charge in [-0.25, -0.2) is 4.39 Å². The molecular formula is C28H27ClFNO5. The van der Waals surface area contributed by atoms with Gasteiger partial charge in [-0.1, -0.05) is 32.4 Å². The van der Waals surface area contributed by atoms with Crippen LogP contribution in [-0.2, 0) is 15.0 Å². The van der Waals surface area contributed by atoms with Crippen molar-refractivity contribution in [1.82, 2.24) is 0 Å². The average molecular weight is 512 g/mol. The molecular weight excluding hydrogens is 485 g/mol. The van der Waals surface area contributed by atoms with E-state index in [1.807, 2.05) is 27.7 Å². The van der Waals surface area contributed by atoms with Crippen LogP contribution in [0.3, 0.4) is 0 Å². The topological polar surface area (TPSA) is 80.0 Å². The van der Waals surface area contributed by atoms with Gasteiger partial charge in [0.25, 0.3) is 11.7 Å². The summed E-state index contributed by atoms with van der Waals surface area (Å²) in [6.07, 6.45) is 0. The van der Waals surface area contributed by atoms with Gasteiger partial charge in [-0.2, -0.15) is 0 Å². The third-order valence-electron chi connectivity index (χ3n) is 6.02. The normalized spacial score (nSPS) is 17.6. The van der Waals surface area contributed by atoms with E-state index in [1.165, 1.54) is 12.1 Å². The molecule has 8 heteroatoms. The molecule has 1 fully saturated rings. The molecule has 1 atom stereocenters. The van der Waals surface area contributed by atoms with Crippen molar-refractivity contribution in [3.63, 3.8) is 0 Å². The zero-order valence-electron chi connectivity index (χ0n) is 20.7. The number of rotatable bonds is 5. The summed E-state index contributed by atoms with van der Waals surface area (Å²) < 4.78 is 25.4. The standard InChI is InChI=1S/C28H27ClFNO5/c1-6-35-21-12-8-16(13-18(21)28(3,4)5)25(32)23-24(22-11-7-15(2)36-22)31(27(34)26(23)33)17-9-10-20(30)19(29)14-17/h7-14,24,32H,6H2,1-5H3/b25-23-. The highest BCUT2D eigenvalue weighted by atomic mass is 35.5. The van der Waals surface area contributed by atoms with Gasteiger partial charge in [0.15, 0.2) is 0 Å². The molecule has 0 bridgehead atoms. The summed E-state index contributed by atoms with van der Waals surface area (Å²) in [6, 6.07) is 11.1. The maximum Gasteiger partial charge on any atom is 0.300 e. The van der Waals surface area contributed by atoms with Crippen molar-refractivity contribution in [2.45, 2.75) is 46.1 Å². The van der Waals surface area contributed by atoms with Crippen LogP contribution in [0.1, 0.15) is 56.4 Å². The molecule has 2 aromatic carbocycles. The first-order valence-corrected chi connectivity index (χ1v) is 11.9. The Morgan fingerprint density at radius 3 is 2.44 bits per heavy atom. The van der Waals surface area contributed by atoms with Crippen molar-refractivity contribution in [1.29, 1.82) is 0 Å². The van der Waals surface area contributed by atoms with E-state index in [0.29, 0.717) is 23.7 Å². The molecule has 2 heterocycles. The first-order chi connectivity index (χ1) is 16.9. The summed E-state index contributed by atoms with van der Waals surface area (Å²) in [7, 11) is 0. The Morgan fingerprint density at radius 2 is 1.86 bits per heavy atom. The highest BCUT2D eigenvalue weighted by Gasteiger charge is 2.48.